The Hall–Kier alpha value is -1.64. The van der Waals surface area contributed by atoms with Gasteiger partial charge in [-0.1, -0.05) is 31.4 Å². The maximum atomic E-state index is 11.6. The van der Waals surface area contributed by atoms with E-state index >= 15 is 0 Å². The summed E-state index contributed by atoms with van der Waals surface area (Å²) in [7, 11) is -3.17. The van der Waals surface area contributed by atoms with E-state index < -0.39 is 9.84 Å². The first-order valence-corrected chi connectivity index (χ1v) is 13.0. The predicted molar refractivity (Wildman–Crippen MR) is 121 cm³/mol. The molecule has 0 aromatic heterocycles. The summed E-state index contributed by atoms with van der Waals surface area (Å²) in [6.45, 7) is 7.89. The molecule has 2 aliphatic rings. The standard InChI is InChI=1S/C22H36N4O3S/c1-3-23-21(24-17-19-7-9-20(10-8-19)30(2,27)28)25-18-22(11-5-4-6-12-22)26-13-15-29-16-14-26/h7-10H,3-6,11-18H2,1-2H3,(H2,23,24,25). The highest BCUT2D eigenvalue weighted by Crippen LogP contribution is 2.33. The van der Waals surface area contributed by atoms with Gasteiger partial charge in [0.15, 0.2) is 15.8 Å². The lowest BCUT2D eigenvalue weighted by Gasteiger charge is -2.48. The molecule has 30 heavy (non-hydrogen) atoms. The lowest BCUT2D eigenvalue weighted by Crippen LogP contribution is -2.60. The fourth-order valence-corrected chi connectivity index (χ4v) is 5.09. The molecule has 0 bridgehead atoms. The average molecular weight is 437 g/mol. The highest BCUT2D eigenvalue weighted by Gasteiger charge is 2.38. The van der Waals surface area contributed by atoms with Gasteiger partial charge in [0.25, 0.3) is 0 Å². The third-order valence-corrected chi connectivity index (χ3v) is 7.30. The third kappa shape index (κ3) is 6.18. The molecule has 3 rings (SSSR count). The highest BCUT2D eigenvalue weighted by atomic mass is 32.2. The van der Waals surface area contributed by atoms with Gasteiger partial charge in [0.2, 0.25) is 0 Å². The lowest BCUT2D eigenvalue weighted by molar-refractivity contribution is -0.0352. The fraction of sp³-hybridized carbons (Fsp3) is 0.682. The van der Waals surface area contributed by atoms with Crippen LogP contribution in [0.3, 0.4) is 0 Å². The first-order chi connectivity index (χ1) is 14.4. The van der Waals surface area contributed by atoms with Crippen molar-refractivity contribution in [3.63, 3.8) is 0 Å². The Kier molecular flexibility index (Phi) is 8.13. The molecule has 1 heterocycles. The molecule has 1 aromatic rings. The van der Waals surface area contributed by atoms with Crippen LogP contribution < -0.4 is 10.6 Å². The van der Waals surface area contributed by atoms with Crippen LogP contribution in [0, 0.1) is 0 Å². The molecule has 1 aliphatic carbocycles. The van der Waals surface area contributed by atoms with Gasteiger partial charge in [-0.3, -0.25) is 4.90 Å². The van der Waals surface area contributed by atoms with Crippen molar-refractivity contribution in [3.05, 3.63) is 29.8 Å². The summed E-state index contributed by atoms with van der Waals surface area (Å²) in [5.41, 5.74) is 1.16. The number of nitrogens with one attached hydrogen (secondary N) is 2. The van der Waals surface area contributed by atoms with Crippen molar-refractivity contribution >= 4 is 15.8 Å². The largest absolute Gasteiger partial charge is 0.379 e. The number of benzene rings is 1. The van der Waals surface area contributed by atoms with Gasteiger partial charge in [0.05, 0.1) is 24.7 Å². The second kappa shape index (κ2) is 10.6. The molecule has 1 aromatic carbocycles. The van der Waals surface area contributed by atoms with Crippen LogP contribution in [0.2, 0.25) is 0 Å². The second-order valence-corrected chi connectivity index (χ2v) is 10.4. The summed E-state index contributed by atoms with van der Waals surface area (Å²) >= 11 is 0. The summed E-state index contributed by atoms with van der Waals surface area (Å²) in [6.07, 6.45) is 7.53. The van der Waals surface area contributed by atoms with Crippen LogP contribution in [-0.4, -0.2) is 70.5 Å². The number of ether oxygens (including phenoxy) is 1. The van der Waals surface area contributed by atoms with E-state index in [2.05, 4.69) is 22.5 Å². The Morgan fingerprint density at radius 3 is 2.37 bits per heavy atom. The zero-order chi connectivity index (χ0) is 21.5. The van der Waals surface area contributed by atoms with E-state index in [4.69, 9.17) is 9.73 Å². The number of hydrogen-bond acceptors (Lipinski definition) is 5. The number of nitrogens with zero attached hydrogens (tertiary/aromatic N) is 2. The Labute approximate surface area is 181 Å². The molecular weight excluding hydrogens is 400 g/mol. The molecule has 0 radical (unpaired) electrons. The Morgan fingerprint density at radius 1 is 1.10 bits per heavy atom. The van der Waals surface area contributed by atoms with Crippen molar-refractivity contribution in [1.82, 2.24) is 15.5 Å². The number of guanidine groups is 1. The van der Waals surface area contributed by atoms with E-state index in [1.165, 1.54) is 38.4 Å². The molecule has 0 spiro atoms. The van der Waals surface area contributed by atoms with Crippen molar-refractivity contribution in [2.45, 2.75) is 56.0 Å². The molecule has 2 fully saturated rings. The molecule has 0 atom stereocenters. The SMILES string of the molecule is CCNC(=NCc1ccc(S(C)(=O)=O)cc1)NCC1(N2CCOCC2)CCCCC1. The number of rotatable bonds is 7. The molecule has 1 saturated heterocycles. The summed E-state index contributed by atoms with van der Waals surface area (Å²) < 4.78 is 28.8. The molecule has 8 heteroatoms. The van der Waals surface area contributed by atoms with Gasteiger partial charge < -0.3 is 15.4 Å². The zero-order valence-corrected chi connectivity index (χ0v) is 19.1. The number of sulfone groups is 1. The quantitative estimate of drug-likeness (QED) is 0.504. The fourth-order valence-electron chi connectivity index (χ4n) is 4.45. The van der Waals surface area contributed by atoms with Gasteiger partial charge in [-0.15, -0.1) is 0 Å². The number of morpholine rings is 1. The zero-order valence-electron chi connectivity index (χ0n) is 18.3. The monoisotopic (exact) mass is 436 g/mol. The van der Waals surface area contributed by atoms with Gasteiger partial charge in [0.1, 0.15) is 0 Å². The van der Waals surface area contributed by atoms with Gasteiger partial charge in [-0.05, 0) is 37.5 Å². The van der Waals surface area contributed by atoms with Gasteiger partial charge in [-0.25, -0.2) is 13.4 Å². The van der Waals surface area contributed by atoms with Crippen molar-refractivity contribution in [1.29, 1.82) is 0 Å². The van der Waals surface area contributed by atoms with Crippen molar-refractivity contribution in [3.8, 4) is 0 Å². The molecule has 1 saturated carbocycles. The van der Waals surface area contributed by atoms with E-state index in [9.17, 15) is 8.42 Å². The summed E-state index contributed by atoms with van der Waals surface area (Å²) in [5, 5.41) is 6.94. The first kappa shape index (κ1) is 23.0. The van der Waals surface area contributed by atoms with E-state index in [1.54, 1.807) is 12.1 Å². The Morgan fingerprint density at radius 2 is 1.77 bits per heavy atom. The minimum Gasteiger partial charge on any atom is -0.379 e. The summed E-state index contributed by atoms with van der Waals surface area (Å²) in [4.78, 5) is 7.70. The molecule has 168 valence electrons. The van der Waals surface area contributed by atoms with Gasteiger partial charge in [0, 0.05) is 38.0 Å². The van der Waals surface area contributed by atoms with Crippen molar-refractivity contribution in [2.24, 2.45) is 4.99 Å². The highest BCUT2D eigenvalue weighted by molar-refractivity contribution is 7.90. The van der Waals surface area contributed by atoms with Gasteiger partial charge in [-0.2, -0.15) is 0 Å². The van der Waals surface area contributed by atoms with E-state index in [-0.39, 0.29) is 5.54 Å². The van der Waals surface area contributed by atoms with E-state index in [0.29, 0.717) is 11.4 Å². The van der Waals surface area contributed by atoms with Crippen molar-refractivity contribution < 1.29 is 13.2 Å². The van der Waals surface area contributed by atoms with Crippen LogP contribution in [0.4, 0.5) is 0 Å². The number of aliphatic imine (C=N–C) groups is 1. The van der Waals surface area contributed by atoms with Crippen LogP contribution >= 0.6 is 0 Å². The Balaban J connectivity index is 1.66. The van der Waals surface area contributed by atoms with Crippen LogP contribution in [0.25, 0.3) is 0 Å². The molecular formula is C22H36N4O3S. The van der Waals surface area contributed by atoms with E-state index in [1.807, 2.05) is 12.1 Å². The minimum atomic E-state index is -3.17. The second-order valence-electron chi connectivity index (χ2n) is 8.35. The predicted octanol–water partition coefficient (Wildman–Crippen LogP) is 2.18. The first-order valence-electron chi connectivity index (χ1n) is 11.1. The maximum absolute atomic E-state index is 11.6. The van der Waals surface area contributed by atoms with Gasteiger partial charge >= 0.3 is 0 Å². The molecule has 0 amide bonds. The van der Waals surface area contributed by atoms with Crippen LogP contribution in [-0.2, 0) is 21.1 Å². The minimum absolute atomic E-state index is 0.176. The topological polar surface area (TPSA) is 83.0 Å². The van der Waals surface area contributed by atoms with Crippen LogP contribution in [0.1, 0.15) is 44.6 Å². The normalized spacial score (nSPS) is 20.7. The summed E-state index contributed by atoms with van der Waals surface area (Å²) in [6, 6.07) is 6.96. The molecule has 1 aliphatic heterocycles. The van der Waals surface area contributed by atoms with Crippen LogP contribution in [0.5, 0.6) is 0 Å². The smallest absolute Gasteiger partial charge is 0.191 e. The van der Waals surface area contributed by atoms with Crippen molar-refractivity contribution in [2.75, 3.05) is 45.6 Å². The molecule has 0 unspecified atom stereocenters. The van der Waals surface area contributed by atoms with Crippen LogP contribution in [0.15, 0.2) is 34.2 Å². The van der Waals surface area contributed by atoms with E-state index in [0.717, 1.165) is 50.9 Å². The molecule has 2 N–H and O–H groups in total. The summed E-state index contributed by atoms with van der Waals surface area (Å²) in [5.74, 6) is 0.808. The lowest BCUT2D eigenvalue weighted by atomic mass is 9.80. The molecule has 7 nitrogen and oxygen atoms in total. The number of hydrogen-bond donors (Lipinski definition) is 2. The Bertz CT molecular complexity index is 796. The third-order valence-electron chi connectivity index (χ3n) is 6.17. The maximum Gasteiger partial charge on any atom is 0.191 e. The average Bonchev–Trinajstić information content (AvgIpc) is 2.76.